The maximum Gasteiger partial charge on any atom is 0.265 e. The lowest BCUT2D eigenvalue weighted by Gasteiger charge is -2.14. The Hall–Kier alpha value is -3.39. The Labute approximate surface area is 183 Å². The van der Waals surface area contributed by atoms with E-state index in [1.807, 2.05) is 62.4 Å². The Morgan fingerprint density at radius 1 is 1.19 bits per heavy atom. The zero-order chi connectivity index (χ0) is 21.5. The number of nitrogens with one attached hydrogen (secondary N) is 1. The van der Waals surface area contributed by atoms with E-state index < -0.39 is 0 Å². The summed E-state index contributed by atoms with van der Waals surface area (Å²) in [5.74, 6) is 0.517. The van der Waals surface area contributed by atoms with Crippen molar-refractivity contribution in [2.45, 2.75) is 31.5 Å². The molecule has 1 aliphatic heterocycles. The molecule has 0 saturated heterocycles. The van der Waals surface area contributed by atoms with Crippen LogP contribution in [-0.2, 0) is 4.79 Å². The maximum absolute atomic E-state index is 13.3. The van der Waals surface area contributed by atoms with Crippen LogP contribution in [-0.4, -0.2) is 31.0 Å². The molecule has 8 heteroatoms. The van der Waals surface area contributed by atoms with Gasteiger partial charge in [-0.1, -0.05) is 42.1 Å². The molecule has 1 amide bonds. The molecule has 156 valence electrons. The molecule has 2 aromatic heterocycles. The van der Waals surface area contributed by atoms with Crippen LogP contribution in [0.15, 0.2) is 64.7 Å². The molecular formula is C23H21N5O2S. The lowest BCUT2D eigenvalue weighted by molar-refractivity contribution is -0.116. The maximum atomic E-state index is 13.3. The van der Waals surface area contributed by atoms with Gasteiger partial charge in [0, 0.05) is 17.9 Å². The molecule has 7 nitrogen and oxygen atoms in total. The highest BCUT2D eigenvalue weighted by molar-refractivity contribution is 7.99. The number of nitrogens with zero attached hydrogens (tertiary/aromatic N) is 4. The van der Waals surface area contributed by atoms with Crippen LogP contribution in [0.1, 0.15) is 23.6 Å². The minimum Gasteiger partial charge on any atom is -0.326 e. The average molecular weight is 432 g/mol. The molecule has 5 rings (SSSR count). The number of aryl methyl sites for hydroxylation is 2. The molecule has 1 atom stereocenters. The van der Waals surface area contributed by atoms with Gasteiger partial charge in [-0.25, -0.2) is 9.67 Å². The van der Waals surface area contributed by atoms with Gasteiger partial charge in [0.1, 0.15) is 5.39 Å². The summed E-state index contributed by atoms with van der Waals surface area (Å²) in [6.07, 6.45) is 1.78. The fourth-order valence-electron chi connectivity index (χ4n) is 3.86. The second-order valence-corrected chi connectivity index (χ2v) is 8.72. The summed E-state index contributed by atoms with van der Waals surface area (Å²) in [5.41, 5.74) is 4.15. The zero-order valence-electron chi connectivity index (χ0n) is 17.2. The molecule has 1 aliphatic rings. The summed E-state index contributed by atoms with van der Waals surface area (Å²) in [4.78, 5) is 30.6. The minimum absolute atomic E-state index is 0.116. The number of carbonyl (C=O) groups excluding carboxylic acids is 1. The summed E-state index contributed by atoms with van der Waals surface area (Å²) in [6.45, 7) is 3.96. The number of para-hydroxylation sites is 1. The standard InChI is InChI=1S/C23H21N5O2S/c1-14-6-5-8-16(10-14)28-21-18(12-24-28)22(30)27-17(13-31-23(27)26-21)11-20(29)25-19-9-4-3-7-15(19)2/h3-10,12,17H,11,13H2,1-2H3,(H,25,29). The van der Waals surface area contributed by atoms with Gasteiger partial charge < -0.3 is 5.32 Å². The van der Waals surface area contributed by atoms with Crippen molar-refractivity contribution in [1.82, 2.24) is 19.3 Å². The molecule has 1 N–H and O–H groups in total. The van der Waals surface area contributed by atoms with Crippen molar-refractivity contribution in [3.05, 3.63) is 76.2 Å². The largest absolute Gasteiger partial charge is 0.326 e. The summed E-state index contributed by atoms with van der Waals surface area (Å²) in [6, 6.07) is 15.3. The van der Waals surface area contributed by atoms with E-state index in [2.05, 4.69) is 10.4 Å². The normalized spacial score (nSPS) is 15.2. The molecule has 0 bridgehead atoms. The van der Waals surface area contributed by atoms with Crippen LogP contribution in [0.25, 0.3) is 16.7 Å². The zero-order valence-corrected chi connectivity index (χ0v) is 18.0. The van der Waals surface area contributed by atoms with Gasteiger partial charge in [-0.15, -0.1) is 0 Å². The number of hydrogen-bond donors (Lipinski definition) is 1. The highest BCUT2D eigenvalue weighted by Gasteiger charge is 2.29. The minimum atomic E-state index is -0.240. The number of carbonyl (C=O) groups is 1. The molecule has 0 fully saturated rings. The third-order valence-corrected chi connectivity index (χ3v) is 6.55. The molecular weight excluding hydrogens is 410 g/mol. The molecule has 0 radical (unpaired) electrons. The fraction of sp³-hybridized carbons (Fsp3) is 0.217. The molecule has 0 aliphatic carbocycles. The van der Waals surface area contributed by atoms with E-state index in [1.165, 1.54) is 11.8 Å². The molecule has 4 aromatic rings. The van der Waals surface area contributed by atoms with Gasteiger partial charge in [-0.3, -0.25) is 14.2 Å². The second kappa shape index (κ2) is 7.70. The number of anilines is 1. The smallest absolute Gasteiger partial charge is 0.265 e. The van der Waals surface area contributed by atoms with Gasteiger partial charge >= 0.3 is 0 Å². The van der Waals surface area contributed by atoms with Crippen LogP contribution in [0, 0.1) is 13.8 Å². The van der Waals surface area contributed by atoms with Crippen LogP contribution < -0.4 is 10.9 Å². The average Bonchev–Trinajstić information content (AvgIpc) is 3.35. The van der Waals surface area contributed by atoms with Crippen molar-refractivity contribution in [3.63, 3.8) is 0 Å². The number of rotatable bonds is 4. The number of hydrogen-bond acceptors (Lipinski definition) is 5. The van der Waals surface area contributed by atoms with Crippen LogP contribution in [0.4, 0.5) is 5.69 Å². The fourth-order valence-corrected chi connectivity index (χ4v) is 4.99. The number of amides is 1. The quantitative estimate of drug-likeness (QED) is 0.496. The van der Waals surface area contributed by atoms with Gasteiger partial charge in [0.25, 0.3) is 5.56 Å². The Morgan fingerprint density at radius 2 is 2.03 bits per heavy atom. The number of aromatic nitrogens is 4. The highest BCUT2D eigenvalue weighted by atomic mass is 32.2. The Bertz CT molecular complexity index is 1370. The topological polar surface area (TPSA) is 81.8 Å². The van der Waals surface area contributed by atoms with E-state index in [0.29, 0.717) is 21.9 Å². The molecule has 2 aromatic carbocycles. The molecule has 1 unspecified atom stereocenters. The first-order valence-electron chi connectivity index (χ1n) is 10.1. The van der Waals surface area contributed by atoms with Crippen molar-refractivity contribution < 1.29 is 4.79 Å². The lowest BCUT2D eigenvalue weighted by Crippen LogP contribution is -2.27. The van der Waals surface area contributed by atoms with E-state index in [1.54, 1.807) is 15.4 Å². The third-order valence-electron chi connectivity index (χ3n) is 5.46. The SMILES string of the molecule is Cc1cccc(-n2ncc3c(=O)n4c(nc32)SCC4CC(=O)Nc2ccccc2C)c1. The number of thioether (sulfide) groups is 1. The van der Waals surface area contributed by atoms with Gasteiger partial charge in [0.05, 0.1) is 17.9 Å². The van der Waals surface area contributed by atoms with Crippen molar-refractivity contribution in [2.75, 3.05) is 11.1 Å². The van der Waals surface area contributed by atoms with E-state index >= 15 is 0 Å². The molecule has 0 spiro atoms. The summed E-state index contributed by atoms with van der Waals surface area (Å²) < 4.78 is 3.34. The molecule has 0 saturated carbocycles. The van der Waals surface area contributed by atoms with E-state index in [4.69, 9.17) is 4.98 Å². The molecule has 3 heterocycles. The van der Waals surface area contributed by atoms with Crippen molar-refractivity contribution in [3.8, 4) is 5.69 Å². The van der Waals surface area contributed by atoms with Crippen LogP contribution >= 0.6 is 11.8 Å². The van der Waals surface area contributed by atoms with Crippen LogP contribution in [0.3, 0.4) is 0 Å². The first-order chi connectivity index (χ1) is 15.0. The highest BCUT2D eigenvalue weighted by Crippen LogP contribution is 2.33. The predicted molar refractivity (Wildman–Crippen MR) is 122 cm³/mol. The number of benzene rings is 2. The van der Waals surface area contributed by atoms with Crippen LogP contribution in [0.2, 0.25) is 0 Å². The van der Waals surface area contributed by atoms with E-state index in [9.17, 15) is 9.59 Å². The monoisotopic (exact) mass is 431 g/mol. The van der Waals surface area contributed by atoms with Gasteiger partial charge in [0.2, 0.25) is 5.91 Å². The lowest BCUT2D eigenvalue weighted by atomic mass is 10.1. The predicted octanol–water partition coefficient (Wildman–Crippen LogP) is 3.87. The summed E-state index contributed by atoms with van der Waals surface area (Å²) in [5, 5.41) is 8.45. The van der Waals surface area contributed by atoms with E-state index in [0.717, 1.165) is 22.5 Å². The first-order valence-corrected chi connectivity index (χ1v) is 11.1. The van der Waals surface area contributed by atoms with Crippen molar-refractivity contribution in [2.24, 2.45) is 0 Å². The van der Waals surface area contributed by atoms with Gasteiger partial charge in [-0.05, 0) is 43.2 Å². The van der Waals surface area contributed by atoms with Crippen molar-refractivity contribution >= 4 is 34.4 Å². The van der Waals surface area contributed by atoms with Crippen molar-refractivity contribution in [1.29, 1.82) is 0 Å². The van der Waals surface area contributed by atoms with Gasteiger partial charge in [0.15, 0.2) is 10.8 Å². The van der Waals surface area contributed by atoms with Gasteiger partial charge in [-0.2, -0.15) is 5.10 Å². The second-order valence-electron chi connectivity index (χ2n) is 7.73. The Kier molecular flexibility index (Phi) is 4.86. The van der Waals surface area contributed by atoms with E-state index in [-0.39, 0.29) is 23.9 Å². The molecule has 31 heavy (non-hydrogen) atoms. The Morgan fingerprint density at radius 3 is 2.84 bits per heavy atom. The summed E-state index contributed by atoms with van der Waals surface area (Å²) >= 11 is 1.50. The Balaban J connectivity index is 1.46. The summed E-state index contributed by atoms with van der Waals surface area (Å²) in [7, 11) is 0. The number of fused-ring (bicyclic) bond motifs is 2. The third kappa shape index (κ3) is 3.53. The first kappa shape index (κ1) is 19.6. The van der Waals surface area contributed by atoms with Crippen LogP contribution in [0.5, 0.6) is 0 Å².